The lowest BCUT2D eigenvalue weighted by Crippen LogP contribution is -2.51. The van der Waals surface area contributed by atoms with E-state index >= 15 is 0 Å². The smallest absolute Gasteiger partial charge is 0.331 e. The molecule has 0 aromatic heterocycles. The molecule has 174 valence electrons. The van der Waals surface area contributed by atoms with Gasteiger partial charge in [-0.05, 0) is 29.8 Å². The lowest BCUT2D eigenvalue weighted by molar-refractivity contribution is -0.384. The number of nitro benzene ring substituents is 1. The van der Waals surface area contributed by atoms with Crippen LogP contribution in [0.1, 0.15) is 5.56 Å². The Labute approximate surface area is 195 Å². The van der Waals surface area contributed by atoms with E-state index in [0.717, 1.165) is 6.08 Å². The van der Waals surface area contributed by atoms with Gasteiger partial charge >= 0.3 is 5.97 Å². The van der Waals surface area contributed by atoms with Gasteiger partial charge in [0.05, 0.1) is 9.82 Å². The zero-order valence-electron chi connectivity index (χ0n) is 17.3. The number of rotatable bonds is 7. The number of halogens is 1. The molecular formula is C21H20ClN3O7S. The van der Waals surface area contributed by atoms with Crippen molar-refractivity contribution in [1.29, 1.82) is 0 Å². The molecule has 0 aliphatic carbocycles. The Kier molecular flexibility index (Phi) is 7.79. The first-order valence-electron chi connectivity index (χ1n) is 9.80. The lowest BCUT2D eigenvalue weighted by atomic mass is 10.2. The quantitative estimate of drug-likeness (QED) is 0.250. The minimum Gasteiger partial charge on any atom is -0.452 e. The second-order valence-electron chi connectivity index (χ2n) is 7.01. The second kappa shape index (κ2) is 10.6. The summed E-state index contributed by atoms with van der Waals surface area (Å²) in [5, 5.41) is 10.9. The molecule has 1 saturated heterocycles. The van der Waals surface area contributed by atoms with Gasteiger partial charge in [0.2, 0.25) is 10.0 Å². The number of esters is 1. The molecule has 0 atom stereocenters. The summed E-state index contributed by atoms with van der Waals surface area (Å²) >= 11 is 5.74. The second-order valence-corrected chi connectivity index (χ2v) is 9.35. The molecular weight excluding hydrogens is 474 g/mol. The summed E-state index contributed by atoms with van der Waals surface area (Å²) in [4.78, 5) is 36.1. The summed E-state index contributed by atoms with van der Waals surface area (Å²) in [6.45, 7) is 0.104. The highest BCUT2D eigenvalue weighted by molar-refractivity contribution is 7.89. The van der Waals surface area contributed by atoms with E-state index in [-0.39, 0.29) is 41.8 Å². The monoisotopic (exact) mass is 493 g/mol. The summed E-state index contributed by atoms with van der Waals surface area (Å²) in [7, 11) is -3.63. The summed E-state index contributed by atoms with van der Waals surface area (Å²) < 4.78 is 31.5. The van der Waals surface area contributed by atoms with Crippen LogP contribution in [0.2, 0.25) is 5.02 Å². The van der Waals surface area contributed by atoms with Crippen LogP contribution in [-0.4, -0.2) is 67.2 Å². The highest BCUT2D eigenvalue weighted by Crippen LogP contribution is 2.25. The topological polar surface area (TPSA) is 127 Å². The van der Waals surface area contributed by atoms with Gasteiger partial charge < -0.3 is 9.64 Å². The first-order valence-corrected chi connectivity index (χ1v) is 11.6. The van der Waals surface area contributed by atoms with Gasteiger partial charge in [0.1, 0.15) is 5.02 Å². The number of ether oxygens (including phenoxy) is 1. The third kappa shape index (κ3) is 6.15. The number of hydrogen-bond acceptors (Lipinski definition) is 7. The number of nitro groups is 1. The number of nitrogens with zero attached hydrogens (tertiary/aromatic N) is 3. The van der Waals surface area contributed by atoms with Crippen molar-refractivity contribution in [2.75, 3.05) is 32.8 Å². The molecule has 0 saturated carbocycles. The maximum atomic E-state index is 12.6. The standard InChI is InChI=1S/C21H20ClN3O7S/c22-18-8-6-16(14-19(18)25(28)29)7-9-21(27)32-15-20(26)23-10-12-24(13-11-23)33(30,31)17-4-2-1-3-5-17/h1-9,14H,10-13,15H2/b9-7+. The Morgan fingerprint density at radius 2 is 1.76 bits per heavy atom. The van der Waals surface area contributed by atoms with Crippen molar-refractivity contribution in [2.45, 2.75) is 4.90 Å². The highest BCUT2D eigenvalue weighted by Gasteiger charge is 2.30. The van der Waals surface area contributed by atoms with Crippen LogP contribution in [-0.2, 0) is 24.3 Å². The van der Waals surface area contributed by atoms with Crippen LogP contribution in [0.15, 0.2) is 59.5 Å². The number of amides is 1. The van der Waals surface area contributed by atoms with Crippen molar-refractivity contribution in [3.63, 3.8) is 0 Å². The van der Waals surface area contributed by atoms with Crippen molar-refractivity contribution in [3.05, 3.63) is 75.3 Å². The Morgan fingerprint density at radius 3 is 2.39 bits per heavy atom. The van der Waals surface area contributed by atoms with E-state index in [2.05, 4.69) is 0 Å². The molecule has 0 unspecified atom stereocenters. The largest absolute Gasteiger partial charge is 0.452 e. The van der Waals surface area contributed by atoms with E-state index in [1.165, 1.54) is 45.6 Å². The van der Waals surface area contributed by atoms with Gasteiger partial charge in [-0.25, -0.2) is 13.2 Å². The maximum absolute atomic E-state index is 12.6. The molecule has 12 heteroatoms. The molecule has 1 heterocycles. The molecule has 1 fully saturated rings. The highest BCUT2D eigenvalue weighted by atomic mass is 35.5. The fourth-order valence-corrected chi connectivity index (χ4v) is 4.76. The minimum absolute atomic E-state index is 0.0259. The molecule has 0 spiro atoms. The van der Waals surface area contributed by atoms with Crippen molar-refractivity contribution >= 4 is 45.3 Å². The van der Waals surface area contributed by atoms with E-state index in [1.54, 1.807) is 18.2 Å². The summed E-state index contributed by atoms with van der Waals surface area (Å²) in [6.07, 6.45) is 2.36. The first-order chi connectivity index (χ1) is 15.7. The number of carbonyl (C=O) groups is 2. The van der Waals surface area contributed by atoms with Crippen LogP contribution in [0.4, 0.5) is 5.69 Å². The molecule has 10 nitrogen and oxygen atoms in total. The molecule has 2 aromatic rings. The van der Waals surface area contributed by atoms with Crippen LogP contribution in [0, 0.1) is 10.1 Å². The molecule has 2 aromatic carbocycles. The number of hydrogen-bond donors (Lipinski definition) is 0. The predicted octanol–water partition coefficient (Wildman–Crippen LogP) is 2.34. The third-order valence-electron chi connectivity index (χ3n) is 4.89. The van der Waals surface area contributed by atoms with Crippen LogP contribution >= 0.6 is 11.6 Å². The van der Waals surface area contributed by atoms with Gasteiger partial charge in [-0.15, -0.1) is 0 Å². The average Bonchev–Trinajstić information content (AvgIpc) is 2.82. The third-order valence-corrected chi connectivity index (χ3v) is 7.12. The number of carbonyl (C=O) groups excluding carboxylic acids is 2. The van der Waals surface area contributed by atoms with Crippen LogP contribution in [0.5, 0.6) is 0 Å². The molecule has 0 bridgehead atoms. The number of benzene rings is 2. The van der Waals surface area contributed by atoms with Crippen LogP contribution in [0.25, 0.3) is 6.08 Å². The molecule has 33 heavy (non-hydrogen) atoms. The van der Waals surface area contributed by atoms with Crippen molar-refractivity contribution < 1.29 is 27.7 Å². The van der Waals surface area contributed by atoms with Gasteiger partial charge in [-0.1, -0.05) is 35.9 Å². The molecule has 0 radical (unpaired) electrons. The molecule has 3 rings (SSSR count). The molecule has 1 amide bonds. The molecule has 0 N–H and O–H groups in total. The Hall–Kier alpha value is -3.28. The average molecular weight is 494 g/mol. The predicted molar refractivity (Wildman–Crippen MR) is 120 cm³/mol. The van der Waals surface area contributed by atoms with Crippen molar-refractivity contribution in [3.8, 4) is 0 Å². The van der Waals surface area contributed by atoms with Gasteiger partial charge in [-0.3, -0.25) is 14.9 Å². The SMILES string of the molecule is O=C(/C=C/c1ccc(Cl)c([N+](=O)[O-])c1)OCC(=O)N1CCN(S(=O)(=O)c2ccccc2)CC1. The van der Waals surface area contributed by atoms with Gasteiger partial charge in [0, 0.05) is 38.3 Å². The maximum Gasteiger partial charge on any atom is 0.331 e. The fourth-order valence-electron chi connectivity index (χ4n) is 3.13. The summed E-state index contributed by atoms with van der Waals surface area (Å²) in [5.41, 5.74) is 0.0703. The lowest BCUT2D eigenvalue weighted by Gasteiger charge is -2.33. The van der Waals surface area contributed by atoms with Gasteiger partial charge in [-0.2, -0.15) is 4.31 Å². The molecule has 1 aliphatic heterocycles. The summed E-state index contributed by atoms with van der Waals surface area (Å²) in [5.74, 6) is -1.25. The molecule has 1 aliphatic rings. The van der Waals surface area contributed by atoms with E-state index in [4.69, 9.17) is 16.3 Å². The number of piperazine rings is 1. The first kappa shape index (κ1) is 24.4. The van der Waals surface area contributed by atoms with E-state index in [1.807, 2.05) is 0 Å². The Morgan fingerprint density at radius 1 is 1.09 bits per heavy atom. The van der Waals surface area contributed by atoms with Crippen molar-refractivity contribution in [1.82, 2.24) is 9.21 Å². The normalized spacial score (nSPS) is 14.9. The Bertz CT molecular complexity index is 1180. The van der Waals surface area contributed by atoms with Crippen LogP contribution in [0.3, 0.4) is 0 Å². The fraction of sp³-hybridized carbons (Fsp3) is 0.238. The minimum atomic E-state index is -3.63. The van der Waals surface area contributed by atoms with Crippen molar-refractivity contribution in [2.24, 2.45) is 0 Å². The van der Waals surface area contributed by atoms with E-state index in [0.29, 0.717) is 5.56 Å². The van der Waals surface area contributed by atoms with E-state index < -0.39 is 33.4 Å². The van der Waals surface area contributed by atoms with Gasteiger partial charge in [0.25, 0.3) is 11.6 Å². The van der Waals surface area contributed by atoms with Crippen LogP contribution < -0.4 is 0 Å². The zero-order chi connectivity index (χ0) is 24.0. The summed E-state index contributed by atoms with van der Waals surface area (Å²) in [6, 6.07) is 12.1. The zero-order valence-corrected chi connectivity index (χ0v) is 18.9. The number of sulfonamides is 1. The van der Waals surface area contributed by atoms with Gasteiger partial charge in [0.15, 0.2) is 6.61 Å². The Balaban J connectivity index is 1.49. The van der Waals surface area contributed by atoms with E-state index in [9.17, 15) is 28.1 Å².